The van der Waals surface area contributed by atoms with E-state index >= 15 is 0 Å². The van der Waals surface area contributed by atoms with Crippen molar-refractivity contribution in [1.29, 1.82) is 0 Å². The molecule has 1 fully saturated rings. The number of carbonyl (C=O) groups is 1. The summed E-state index contributed by atoms with van der Waals surface area (Å²) in [5.74, 6) is 0.0434. The fourth-order valence-electron chi connectivity index (χ4n) is 2.11. The smallest absolute Gasteiger partial charge is 0.225 e. The molecule has 1 aliphatic heterocycles. The molecule has 0 saturated carbocycles. The van der Waals surface area contributed by atoms with E-state index in [-0.39, 0.29) is 5.91 Å². The fourth-order valence-corrected chi connectivity index (χ4v) is 2.94. The Morgan fingerprint density at radius 1 is 1.53 bits per heavy atom. The van der Waals surface area contributed by atoms with Gasteiger partial charge in [0.1, 0.15) is 0 Å². The molecule has 7 heteroatoms. The molecular weight excluding hydrogens is 262 g/mol. The summed E-state index contributed by atoms with van der Waals surface area (Å²) >= 11 is 1.39. The molecular formula is C12H21N5OS. The summed E-state index contributed by atoms with van der Waals surface area (Å²) in [6.07, 6.45) is 0.377. The molecule has 0 radical (unpaired) electrons. The zero-order chi connectivity index (χ0) is 13.7. The van der Waals surface area contributed by atoms with Crippen molar-refractivity contribution in [3.8, 4) is 0 Å². The Morgan fingerprint density at radius 3 is 2.89 bits per heavy atom. The molecule has 2 rings (SSSR count). The minimum absolute atomic E-state index is 0.0434. The van der Waals surface area contributed by atoms with E-state index in [9.17, 15) is 4.79 Å². The van der Waals surface area contributed by atoms with Gasteiger partial charge in [0.25, 0.3) is 0 Å². The Balaban J connectivity index is 1.68. The lowest BCUT2D eigenvalue weighted by atomic mass is 10.3. The van der Waals surface area contributed by atoms with Gasteiger partial charge in [0.2, 0.25) is 5.91 Å². The lowest BCUT2D eigenvalue weighted by Crippen LogP contribution is -2.46. The summed E-state index contributed by atoms with van der Waals surface area (Å²) in [5.41, 5.74) is 6.48. The van der Waals surface area contributed by atoms with E-state index < -0.39 is 0 Å². The third-order valence-electron chi connectivity index (χ3n) is 3.19. The number of nitrogens with two attached hydrogens (primary N) is 1. The Labute approximate surface area is 117 Å². The average molecular weight is 283 g/mol. The van der Waals surface area contributed by atoms with Crippen molar-refractivity contribution in [3.05, 3.63) is 10.6 Å². The van der Waals surface area contributed by atoms with Gasteiger partial charge < -0.3 is 16.4 Å². The van der Waals surface area contributed by atoms with Gasteiger partial charge >= 0.3 is 0 Å². The average Bonchev–Trinajstić information content (AvgIpc) is 2.69. The van der Waals surface area contributed by atoms with Crippen LogP contribution in [0.1, 0.15) is 10.6 Å². The van der Waals surface area contributed by atoms with E-state index in [0.29, 0.717) is 18.1 Å². The summed E-state index contributed by atoms with van der Waals surface area (Å²) in [7, 11) is 0. The van der Waals surface area contributed by atoms with Gasteiger partial charge in [-0.1, -0.05) is 0 Å². The van der Waals surface area contributed by atoms with E-state index in [1.54, 1.807) is 0 Å². The zero-order valence-corrected chi connectivity index (χ0v) is 12.1. The molecule has 1 aliphatic rings. The predicted octanol–water partition coefficient (Wildman–Crippen LogP) is -0.402. The Bertz CT molecular complexity index is 428. The highest BCUT2D eigenvalue weighted by atomic mass is 32.1. The van der Waals surface area contributed by atoms with Crippen LogP contribution in [0.2, 0.25) is 0 Å². The summed E-state index contributed by atoms with van der Waals surface area (Å²) < 4.78 is 0. The van der Waals surface area contributed by atoms with Gasteiger partial charge in [0, 0.05) is 44.1 Å². The zero-order valence-electron chi connectivity index (χ0n) is 11.2. The fraction of sp³-hybridized carbons (Fsp3) is 0.667. The van der Waals surface area contributed by atoms with Crippen molar-refractivity contribution in [2.24, 2.45) is 0 Å². The number of anilines is 1. The van der Waals surface area contributed by atoms with Crippen LogP contribution in [0.3, 0.4) is 0 Å². The third-order valence-corrected chi connectivity index (χ3v) is 4.18. The first-order valence-corrected chi connectivity index (χ1v) is 7.38. The molecule has 0 aromatic carbocycles. The lowest BCUT2D eigenvalue weighted by Gasteiger charge is -2.27. The van der Waals surface area contributed by atoms with Crippen molar-refractivity contribution < 1.29 is 4.79 Å². The molecule has 106 valence electrons. The maximum Gasteiger partial charge on any atom is 0.225 e. The van der Waals surface area contributed by atoms with Gasteiger partial charge in [-0.15, -0.1) is 11.3 Å². The number of amides is 1. The highest BCUT2D eigenvalue weighted by Gasteiger charge is 2.12. The monoisotopic (exact) mass is 283 g/mol. The topological polar surface area (TPSA) is 83.3 Å². The van der Waals surface area contributed by atoms with E-state index in [2.05, 4.69) is 20.5 Å². The second-order valence-electron chi connectivity index (χ2n) is 4.68. The number of piperazine rings is 1. The molecule has 1 aromatic heterocycles. The lowest BCUT2D eigenvalue weighted by molar-refractivity contribution is -0.120. The van der Waals surface area contributed by atoms with E-state index in [1.807, 2.05) is 6.92 Å². The number of nitrogen functional groups attached to an aromatic ring is 1. The molecule has 0 atom stereocenters. The van der Waals surface area contributed by atoms with Gasteiger partial charge in [-0.05, 0) is 6.92 Å². The Morgan fingerprint density at radius 2 is 2.26 bits per heavy atom. The van der Waals surface area contributed by atoms with Crippen molar-refractivity contribution in [2.45, 2.75) is 13.3 Å². The summed E-state index contributed by atoms with van der Waals surface area (Å²) in [6.45, 7) is 7.68. The standard InChI is InChI=1S/C12H21N5OS/c1-9-10(19-12(13)16-9)8-11(18)15-4-7-17-5-2-14-3-6-17/h14H,2-8H2,1H3,(H2,13,16)(H,15,18). The third kappa shape index (κ3) is 4.45. The SMILES string of the molecule is Cc1nc(N)sc1CC(=O)NCCN1CCNCC1. The summed E-state index contributed by atoms with van der Waals surface area (Å²) in [4.78, 5) is 19.2. The largest absolute Gasteiger partial charge is 0.375 e. The number of nitrogens with zero attached hydrogens (tertiary/aromatic N) is 2. The molecule has 0 bridgehead atoms. The predicted molar refractivity (Wildman–Crippen MR) is 77.3 cm³/mol. The van der Waals surface area contributed by atoms with Crippen LogP contribution in [0.4, 0.5) is 5.13 Å². The van der Waals surface area contributed by atoms with E-state index in [4.69, 9.17) is 5.73 Å². The van der Waals surface area contributed by atoms with E-state index in [1.165, 1.54) is 11.3 Å². The first kappa shape index (κ1) is 14.2. The quantitative estimate of drug-likeness (QED) is 0.685. The highest BCUT2D eigenvalue weighted by Crippen LogP contribution is 2.19. The molecule has 1 aromatic rings. The number of nitrogens with one attached hydrogen (secondary N) is 2. The normalized spacial score (nSPS) is 16.5. The van der Waals surface area contributed by atoms with Crippen molar-refractivity contribution >= 4 is 22.4 Å². The Kier molecular flexibility index (Phi) is 5.12. The van der Waals surface area contributed by atoms with Crippen LogP contribution in [0, 0.1) is 6.92 Å². The first-order valence-electron chi connectivity index (χ1n) is 6.56. The minimum Gasteiger partial charge on any atom is -0.375 e. The minimum atomic E-state index is 0.0434. The molecule has 19 heavy (non-hydrogen) atoms. The molecule has 0 spiro atoms. The molecule has 1 saturated heterocycles. The molecule has 0 unspecified atom stereocenters. The van der Waals surface area contributed by atoms with Crippen LogP contribution in [-0.4, -0.2) is 55.1 Å². The maximum absolute atomic E-state index is 11.8. The van der Waals surface area contributed by atoms with Crippen molar-refractivity contribution in [3.63, 3.8) is 0 Å². The second-order valence-corrected chi connectivity index (χ2v) is 5.79. The van der Waals surface area contributed by atoms with Gasteiger partial charge in [0.15, 0.2) is 5.13 Å². The van der Waals surface area contributed by atoms with Gasteiger partial charge in [-0.25, -0.2) is 4.98 Å². The van der Waals surface area contributed by atoms with Crippen LogP contribution >= 0.6 is 11.3 Å². The first-order chi connectivity index (χ1) is 9.15. The molecule has 0 aliphatic carbocycles. The van der Waals surface area contributed by atoms with Crippen LogP contribution in [0.15, 0.2) is 0 Å². The summed E-state index contributed by atoms with van der Waals surface area (Å²) in [5, 5.41) is 6.79. The number of rotatable bonds is 5. The summed E-state index contributed by atoms with van der Waals surface area (Å²) in [6, 6.07) is 0. The van der Waals surface area contributed by atoms with Gasteiger partial charge in [-0.3, -0.25) is 9.69 Å². The van der Waals surface area contributed by atoms with Crippen molar-refractivity contribution in [1.82, 2.24) is 20.5 Å². The van der Waals surface area contributed by atoms with Gasteiger partial charge in [-0.2, -0.15) is 0 Å². The van der Waals surface area contributed by atoms with Gasteiger partial charge in [0.05, 0.1) is 12.1 Å². The highest BCUT2D eigenvalue weighted by molar-refractivity contribution is 7.15. The van der Waals surface area contributed by atoms with Crippen LogP contribution < -0.4 is 16.4 Å². The number of aryl methyl sites for hydroxylation is 1. The van der Waals surface area contributed by atoms with E-state index in [0.717, 1.165) is 43.3 Å². The van der Waals surface area contributed by atoms with Crippen LogP contribution in [0.5, 0.6) is 0 Å². The number of aromatic nitrogens is 1. The number of thiazole rings is 1. The van der Waals surface area contributed by atoms with Crippen LogP contribution in [-0.2, 0) is 11.2 Å². The molecule has 2 heterocycles. The number of hydrogen-bond donors (Lipinski definition) is 3. The van der Waals surface area contributed by atoms with Crippen molar-refractivity contribution in [2.75, 3.05) is 45.0 Å². The maximum atomic E-state index is 11.8. The number of carbonyl (C=O) groups excluding carboxylic acids is 1. The molecule has 1 amide bonds. The number of hydrogen-bond acceptors (Lipinski definition) is 6. The second kappa shape index (κ2) is 6.83. The molecule has 6 nitrogen and oxygen atoms in total. The van der Waals surface area contributed by atoms with Crippen LogP contribution in [0.25, 0.3) is 0 Å². The Hall–Kier alpha value is -1.18. The molecule has 4 N–H and O–H groups in total.